The molecule has 1 aromatic carbocycles. The SMILES string of the molecule is CCNC(=NCC(C)Cn1cccn1)NC1CCN(c2cc(Cl)ccc2OC)C1. The summed E-state index contributed by atoms with van der Waals surface area (Å²) in [7, 11) is 1.69. The average Bonchev–Trinajstić information content (AvgIpc) is 3.38. The highest BCUT2D eigenvalue weighted by atomic mass is 35.5. The number of guanidine groups is 1. The quantitative estimate of drug-likeness (QED) is 0.509. The van der Waals surface area contributed by atoms with Gasteiger partial charge >= 0.3 is 0 Å². The van der Waals surface area contributed by atoms with Crippen molar-refractivity contribution in [1.29, 1.82) is 0 Å². The fourth-order valence-corrected chi connectivity index (χ4v) is 3.72. The van der Waals surface area contributed by atoms with E-state index in [4.69, 9.17) is 21.3 Å². The maximum Gasteiger partial charge on any atom is 0.191 e. The van der Waals surface area contributed by atoms with Crippen molar-refractivity contribution in [3.63, 3.8) is 0 Å². The van der Waals surface area contributed by atoms with Gasteiger partial charge in [-0.2, -0.15) is 5.10 Å². The predicted octanol–water partition coefficient (Wildman–Crippen LogP) is 3.02. The third kappa shape index (κ3) is 6.03. The fraction of sp³-hybridized carbons (Fsp3) is 0.524. The number of rotatable bonds is 8. The van der Waals surface area contributed by atoms with Gasteiger partial charge in [-0.15, -0.1) is 0 Å². The molecule has 1 saturated heterocycles. The molecule has 3 rings (SSSR count). The number of hydrogen-bond donors (Lipinski definition) is 2. The lowest BCUT2D eigenvalue weighted by Gasteiger charge is -2.22. The zero-order valence-electron chi connectivity index (χ0n) is 17.4. The molecule has 29 heavy (non-hydrogen) atoms. The maximum absolute atomic E-state index is 6.20. The first-order valence-corrected chi connectivity index (χ1v) is 10.6. The van der Waals surface area contributed by atoms with Crippen LogP contribution in [-0.2, 0) is 6.54 Å². The van der Waals surface area contributed by atoms with E-state index >= 15 is 0 Å². The topological polar surface area (TPSA) is 66.7 Å². The summed E-state index contributed by atoms with van der Waals surface area (Å²) in [5.41, 5.74) is 1.04. The molecule has 2 N–H and O–H groups in total. The van der Waals surface area contributed by atoms with Crippen molar-refractivity contribution in [2.75, 3.05) is 38.2 Å². The first-order valence-electron chi connectivity index (χ1n) is 10.2. The largest absolute Gasteiger partial charge is 0.495 e. The summed E-state index contributed by atoms with van der Waals surface area (Å²) in [6.07, 6.45) is 4.83. The molecule has 8 heteroatoms. The van der Waals surface area contributed by atoms with Crippen molar-refractivity contribution in [3.8, 4) is 5.75 Å². The van der Waals surface area contributed by atoms with Gasteiger partial charge in [-0.05, 0) is 43.5 Å². The van der Waals surface area contributed by atoms with E-state index < -0.39 is 0 Å². The number of hydrogen-bond acceptors (Lipinski definition) is 4. The average molecular weight is 419 g/mol. The number of ether oxygens (including phenoxy) is 1. The molecular formula is C21H31ClN6O. The van der Waals surface area contributed by atoms with Crippen molar-refractivity contribution < 1.29 is 4.74 Å². The van der Waals surface area contributed by atoms with Crippen LogP contribution in [0.2, 0.25) is 5.02 Å². The molecule has 1 aliphatic heterocycles. The summed E-state index contributed by atoms with van der Waals surface area (Å²) in [4.78, 5) is 7.10. The number of aromatic nitrogens is 2. The molecule has 2 unspecified atom stereocenters. The van der Waals surface area contributed by atoms with E-state index in [-0.39, 0.29) is 0 Å². The van der Waals surface area contributed by atoms with Crippen LogP contribution in [0.1, 0.15) is 20.3 Å². The van der Waals surface area contributed by atoms with Crippen LogP contribution in [0, 0.1) is 5.92 Å². The summed E-state index contributed by atoms with van der Waals surface area (Å²) < 4.78 is 7.46. The lowest BCUT2D eigenvalue weighted by atomic mass is 10.2. The van der Waals surface area contributed by atoms with Gasteiger partial charge in [-0.25, -0.2) is 0 Å². The Hall–Kier alpha value is -2.41. The zero-order valence-corrected chi connectivity index (χ0v) is 18.2. The molecule has 158 valence electrons. The third-order valence-electron chi connectivity index (χ3n) is 4.97. The second-order valence-electron chi connectivity index (χ2n) is 7.45. The molecule has 0 saturated carbocycles. The molecule has 2 atom stereocenters. The monoisotopic (exact) mass is 418 g/mol. The number of anilines is 1. The van der Waals surface area contributed by atoms with E-state index in [1.165, 1.54) is 0 Å². The van der Waals surface area contributed by atoms with E-state index in [0.29, 0.717) is 12.0 Å². The highest BCUT2D eigenvalue weighted by molar-refractivity contribution is 6.30. The first kappa shape index (κ1) is 21.3. The number of methoxy groups -OCH3 is 1. The molecular weight excluding hydrogens is 388 g/mol. The number of aliphatic imine (C=N–C) groups is 1. The molecule has 1 aromatic heterocycles. The van der Waals surface area contributed by atoms with Gasteiger partial charge in [-0.3, -0.25) is 9.67 Å². The van der Waals surface area contributed by atoms with Crippen molar-refractivity contribution >= 4 is 23.2 Å². The van der Waals surface area contributed by atoms with E-state index in [1.54, 1.807) is 7.11 Å². The maximum atomic E-state index is 6.20. The molecule has 0 aliphatic carbocycles. The minimum absolute atomic E-state index is 0.318. The second kappa shape index (κ2) is 10.4. The number of nitrogens with zero attached hydrogens (tertiary/aromatic N) is 4. The summed E-state index contributed by atoms with van der Waals surface area (Å²) in [5, 5.41) is 11.9. The van der Waals surface area contributed by atoms with Gasteiger partial charge in [0.2, 0.25) is 0 Å². The molecule has 1 aliphatic rings. The van der Waals surface area contributed by atoms with Crippen molar-refractivity contribution in [2.24, 2.45) is 10.9 Å². The van der Waals surface area contributed by atoms with Crippen LogP contribution in [0.25, 0.3) is 0 Å². The van der Waals surface area contributed by atoms with Gasteiger partial charge in [0, 0.05) is 56.2 Å². The van der Waals surface area contributed by atoms with Gasteiger partial charge in [0.15, 0.2) is 5.96 Å². The van der Waals surface area contributed by atoms with Gasteiger partial charge in [-0.1, -0.05) is 18.5 Å². The van der Waals surface area contributed by atoms with Crippen LogP contribution >= 0.6 is 11.6 Å². The molecule has 7 nitrogen and oxygen atoms in total. The van der Waals surface area contributed by atoms with E-state index in [0.717, 1.165) is 61.6 Å². The Balaban J connectivity index is 1.57. The van der Waals surface area contributed by atoms with Gasteiger partial charge in [0.05, 0.1) is 12.8 Å². The standard InChI is InChI=1S/C21H31ClN6O/c1-4-23-21(24-13-16(2)14-28-10-5-9-25-28)26-18-8-11-27(15-18)19-12-17(22)6-7-20(19)29-3/h5-7,9-10,12,16,18H,4,8,11,13-15H2,1-3H3,(H2,23,24,26). The van der Waals surface area contributed by atoms with Crippen LogP contribution < -0.4 is 20.3 Å². The zero-order chi connectivity index (χ0) is 20.6. The lowest BCUT2D eigenvalue weighted by Crippen LogP contribution is -2.45. The molecule has 0 bridgehead atoms. The summed E-state index contributed by atoms with van der Waals surface area (Å²) in [6.45, 7) is 8.54. The van der Waals surface area contributed by atoms with Gasteiger partial charge < -0.3 is 20.3 Å². The highest BCUT2D eigenvalue weighted by Crippen LogP contribution is 2.33. The summed E-state index contributed by atoms with van der Waals surface area (Å²) in [6, 6.07) is 8.01. The van der Waals surface area contributed by atoms with Crippen LogP contribution in [0.15, 0.2) is 41.7 Å². The van der Waals surface area contributed by atoms with E-state index in [9.17, 15) is 0 Å². The summed E-state index contributed by atoms with van der Waals surface area (Å²) in [5.74, 6) is 2.12. The van der Waals surface area contributed by atoms with Crippen molar-refractivity contribution in [3.05, 3.63) is 41.7 Å². The molecule has 0 spiro atoms. The normalized spacial score (nSPS) is 18.0. The molecule has 2 heterocycles. The van der Waals surface area contributed by atoms with Crippen LogP contribution in [0.3, 0.4) is 0 Å². The smallest absolute Gasteiger partial charge is 0.191 e. The van der Waals surface area contributed by atoms with Crippen LogP contribution in [-0.4, -0.2) is 55.1 Å². The van der Waals surface area contributed by atoms with Crippen molar-refractivity contribution in [1.82, 2.24) is 20.4 Å². The minimum atomic E-state index is 0.318. The first-order chi connectivity index (χ1) is 14.1. The predicted molar refractivity (Wildman–Crippen MR) is 119 cm³/mol. The number of benzene rings is 1. The molecule has 0 radical (unpaired) electrons. The highest BCUT2D eigenvalue weighted by Gasteiger charge is 2.25. The van der Waals surface area contributed by atoms with Gasteiger partial charge in [0.1, 0.15) is 5.75 Å². The molecule has 1 fully saturated rings. The minimum Gasteiger partial charge on any atom is -0.495 e. The van der Waals surface area contributed by atoms with Gasteiger partial charge in [0.25, 0.3) is 0 Å². The Bertz CT molecular complexity index is 794. The van der Waals surface area contributed by atoms with Crippen LogP contribution in [0.5, 0.6) is 5.75 Å². The third-order valence-corrected chi connectivity index (χ3v) is 5.21. The van der Waals surface area contributed by atoms with E-state index in [1.807, 2.05) is 41.3 Å². The molecule has 0 amide bonds. The summed E-state index contributed by atoms with van der Waals surface area (Å²) >= 11 is 6.20. The lowest BCUT2D eigenvalue weighted by molar-refractivity contribution is 0.415. The number of halogens is 1. The fourth-order valence-electron chi connectivity index (χ4n) is 3.55. The molecule has 2 aromatic rings. The Morgan fingerprint density at radius 3 is 3.03 bits per heavy atom. The Kier molecular flexibility index (Phi) is 7.63. The van der Waals surface area contributed by atoms with Crippen molar-refractivity contribution in [2.45, 2.75) is 32.9 Å². The van der Waals surface area contributed by atoms with Crippen LogP contribution in [0.4, 0.5) is 5.69 Å². The second-order valence-corrected chi connectivity index (χ2v) is 7.88. The Labute approximate surface area is 178 Å². The Morgan fingerprint density at radius 2 is 2.31 bits per heavy atom. The number of nitrogens with one attached hydrogen (secondary N) is 2. The Morgan fingerprint density at radius 1 is 1.45 bits per heavy atom. The van der Waals surface area contributed by atoms with E-state index in [2.05, 4.69) is 34.5 Å².